The van der Waals surface area contributed by atoms with Gasteiger partial charge >= 0.3 is 5.97 Å². The number of carbonyl (C=O) groups excluding carboxylic acids is 1. The van der Waals surface area contributed by atoms with Crippen molar-refractivity contribution in [3.8, 4) is 0 Å². The maximum atomic E-state index is 13.1. The van der Waals surface area contributed by atoms with Crippen molar-refractivity contribution in [1.82, 2.24) is 0 Å². The first kappa shape index (κ1) is 11.9. The van der Waals surface area contributed by atoms with Crippen molar-refractivity contribution in [3.63, 3.8) is 0 Å². The van der Waals surface area contributed by atoms with Gasteiger partial charge in [0.2, 0.25) is 0 Å². The normalized spacial score (nSPS) is 15.5. The van der Waals surface area contributed by atoms with Gasteiger partial charge in [-0.15, -0.1) is 0 Å². The van der Waals surface area contributed by atoms with Crippen LogP contribution in [0.4, 0.5) is 4.39 Å². The second-order valence-electron chi connectivity index (χ2n) is 4.12. The van der Waals surface area contributed by atoms with E-state index in [1.54, 1.807) is 30.3 Å². The van der Waals surface area contributed by atoms with Gasteiger partial charge < -0.3 is 4.74 Å². The molecule has 2 aromatic carbocycles. The van der Waals surface area contributed by atoms with E-state index in [2.05, 4.69) is 0 Å². The molecular formula is C15H8ClFO2. The summed E-state index contributed by atoms with van der Waals surface area (Å²) in [5, 5.41) is 0.0342. The molecule has 0 aliphatic carbocycles. The summed E-state index contributed by atoms with van der Waals surface area (Å²) in [6, 6.07) is 11.4. The number of cyclic esters (lactones) is 1. The minimum atomic E-state index is -0.479. The van der Waals surface area contributed by atoms with Crippen LogP contribution in [-0.4, -0.2) is 5.97 Å². The minimum Gasteiger partial charge on any atom is -0.422 e. The van der Waals surface area contributed by atoms with Crippen LogP contribution in [0.15, 0.2) is 42.5 Å². The number of benzene rings is 2. The van der Waals surface area contributed by atoms with Crippen LogP contribution in [0.1, 0.15) is 21.5 Å². The largest absolute Gasteiger partial charge is 0.422 e. The summed E-state index contributed by atoms with van der Waals surface area (Å²) in [6.45, 7) is 0. The molecule has 0 spiro atoms. The summed E-state index contributed by atoms with van der Waals surface area (Å²) in [6.07, 6.45) is 1.66. The Morgan fingerprint density at radius 2 is 1.84 bits per heavy atom. The van der Waals surface area contributed by atoms with E-state index in [9.17, 15) is 9.18 Å². The van der Waals surface area contributed by atoms with Crippen LogP contribution in [0.25, 0.3) is 11.8 Å². The summed E-state index contributed by atoms with van der Waals surface area (Å²) in [5.41, 5.74) is 1.93. The van der Waals surface area contributed by atoms with Crippen molar-refractivity contribution in [3.05, 3.63) is 70.0 Å². The van der Waals surface area contributed by atoms with Crippen LogP contribution < -0.4 is 0 Å². The van der Waals surface area contributed by atoms with E-state index in [1.807, 2.05) is 6.07 Å². The Balaban J connectivity index is 2.06. The lowest BCUT2D eigenvalue weighted by Gasteiger charge is -2.00. The highest BCUT2D eigenvalue weighted by Crippen LogP contribution is 2.31. The second-order valence-corrected chi connectivity index (χ2v) is 4.52. The van der Waals surface area contributed by atoms with Gasteiger partial charge in [-0.1, -0.05) is 35.9 Å². The van der Waals surface area contributed by atoms with Crippen LogP contribution in [0, 0.1) is 5.82 Å². The molecule has 1 aliphatic rings. The van der Waals surface area contributed by atoms with Gasteiger partial charge in [0, 0.05) is 5.56 Å². The zero-order valence-corrected chi connectivity index (χ0v) is 10.4. The maximum absolute atomic E-state index is 13.1. The third-order valence-electron chi connectivity index (χ3n) is 2.86. The number of halogens is 2. The van der Waals surface area contributed by atoms with Crippen LogP contribution in [0.3, 0.4) is 0 Å². The summed E-state index contributed by atoms with van der Waals surface area (Å²) in [7, 11) is 0. The molecule has 0 radical (unpaired) electrons. The zero-order chi connectivity index (χ0) is 13.4. The highest BCUT2D eigenvalue weighted by Gasteiger charge is 2.25. The molecule has 0 saturated carbocycles. The van der Waals surface area contributed by atoms with Gasteiger partial charge in [-0.25, -0.2) is 9.18 Å². The number of ether oxygens (including phenoxy) is 1. The summed E-state index contributed by atoms with van der Waals surface area (Å²) in [4.78, 5) is 11.6. The first-order valence-corrected chi connectivity index (χ1v) is 6.01. The van der Waals surface area contributed by atoms with Crippen LogP contribution in [-0.2, 0) is 4.74 Å². The lowest BCUT2D eigenvalue weighted by molar-refractivity contribution is 0.0717. The molecule has 94 valence electrons. The Morgan fingerprint density at radius 1 is 1.11 bits per heavy atom. The lowest BCUT2D eigenvalue weighted by atomic mass is 10.1. The van der Waals surface area contributed by atoms with E-state index in [4.69, 9.17) is 16.3 Å². The molecule has 0 aromatic heterocycles. The molecule has 0 fully saturated rings. The highest BCUT2D eigenvalue weighted by atomic mass is 35.5. The predicted molar refractivity (Wildman–Crippen MR) is 71.1 cm³/mol. The number of rotatable bonds is 1. The molecule has 0 bridgehead atoms. The lowest BCUT2D eigenvalue weighted by Crippen LogP contribution is -1.92. The third-order valence-corrected chi connectivity index (χ3v) is 3.15. The first-order chi connectivity index (χ1) is 9.15. The summed E-state index contributed by atoms with van der Waals surface area (Å²) >= 11 is 5.72. The molecule has 1 heterocycles. The third kappa shape index (κ3) is 2.13. The molecule has 0 amide bonds. The van der Waals surface area contributed by atoms with Crippen molar-refractivity contribution < 1.29 is 13.9 Å². The van der Waals surface area contributed by atoms with Gasteiger partial charge in [-0.3, -0.25) is 0 Å². The Hall–Kier alpha value is -2.13. The highest BCUT2D eigenvalue weighted by molar-refractivity contribution is 6.30. The van der Waals surface area contributed by atoms with Crippen molar-refractivity contribution in [2.75, 3.05) is 0 Å². The van der Waals surface area contributed by atoms with Crippen molar-refractivity contribution >= 4 is 29.4 Å². The van der Waals surface area contributed by atoms with Gasteiger partial charge in [0.15, 0.2) is 0 Å². The Morgan fingerprint density at radius 3 is 2.58 bits per heavy atom. The van der Waals surface area contributed by atoms with E-state index in [1.165, 1.54) is 12.1 Å². The molecule has 2 aromatic rings. The fourth-order valence-electron chi connectivity index (χ4n) is 1.95. The number of esters is 1. The number of hydrogen-bond acceptors (Lipinski definition) is 2. The second kappa shape index (κ2) is 4.52. The molecule has 0 saturated heterocycles. The topological polar surface area (TPSA) is 26.3 Å². The Labute approximate surface area is 114 Å². The summed E-state index contributed by atoms with van der Waals surface area (Å²) in [5.74, 6) is -0.411. The van der Waals surface area contributed by atoms with Gasteiger partial charge in [0.25, 0.3) is 0 Å². The molecule has 4 heteroatoms. The number of hydrogen-bond donors (Lipinski definition) is 0. The van der Waals surface area contributed by atoms with Crippen LogP contribution >= 0.6 is 11.6 Å². The van der Waals surface area contributed by atoms with Gasteiger partial charge in [-0.05, 0) is 29.8 Å². The monoisotopic (exact) mass is 274 g/mol. The molecular weight excluding hydrogens is 267 g/mol. The minimum absolute atomic E-state index is 0.0342. The van der Waals surface area contributed by atoms with Gasteiger partial charge in [0.05, 0.1) is 10.6 Å². The smallest absolute Gasteiger partial charge is 0.344 e. The van der Waals surface area contributed by atoms with E-state index in [0.29, 0.717) is 16.9 Å². The average molecular weight is 275 g/mol. The van der Waals surface area contributed by atoms with E-state index in [0.717, 1.165) is 5.56 Å². The fourth-order valence-corrected chi connectivity index (χ4v) is 2.14. The van der Waals surface area contributed by atoms with Gasteiger partial charge in [-0.2, -0.15) is 0 Å². The fraction of sp³-hybridized carbons (Fsp3) is 0. The number of carbonyl (C=O) groups is 1. The quantitative estimate of drug-likeness (QED) is 0.730. The van der Waals surface area contributed by atoms with Crippen molar-refractivity contribution in [2.24, 2.45) is 0 Å². The van der Waals surface area contributed by atoms with Gasteiger partial charge in [0.1, 0.15) is 11.6 Å². The Bertz CT molecular complexity index is 707. The predicted octanol–water partition coefficient (Wildman–Crippen LogP) is 4.15. The van der Waals surface area contributed by atoms with Crippen molar-refractivity contribution in [1.29, 1.82) is 0 Å². The summed E-state index contributed by atoms with van der Waals surface area (Å²) < 4.78 is 18.3. The molecule has 0 atom stereocenters. The van der Waals surface area contributed by atoms with Crippen LogP contribution in [0.2, 0.25) is 5.02 Å². The van der Waals surface area contributed by atoms with E-state index in [-0.39, 0.29) is 11.0 Å². The Kier molecular flexibility index (Phi) is 2.84. The molecule has 0 unspecified atom stereocenters. The molecule has 0 N–H and O–H groups in total. The van der Waals surface area contributed by atoms with E-state index >= 15 is 0 Å². The van der Waals surface area contributed by atoms with E-state index < -0.39 is 5.82 Å². The number of fused-ring (bicyclic) bond motifs is 1. The maximum Gasteiger partial charge on any atom is 0.344 e. The molecule has 1 aliphatic heterocycles. The zero-order valence-electron chi connectivity index (χ0n) is 9.69. The SMILES string of the molecule is O=C1O/C(=C\c2ccc(F)c(Cl)c2)c2ccccc21. The molecule has 3 rings (SSSR count). The standard InChI is InChI=1S/C15H8ClFO2/c16-12-7-9(5-6-13(12)17)8-14-10-3-1-2-4-11(10)15(18)19-14/h1-8H/b14-8-. The molecule has 2 nitrogen and oxygen atoms in total. The first-order valence-electron chi connectivity index (χ1n) is 5.63. The average Bonchev–Trinajstić information content (AvgIpc) is 2.72. The van der Waals surface area contributed by atoms with Crippen molar-refractivity contribution in [2.45, 2.75) is 0 Å². The molecule has 19 heavy (non-hydrogen) atoms. The van der Waals surface area contributed by atoms with Crippen LogP contribution in [0.5, 0.6) is 0 Å².